The van der Waals surface area contributed by atoms with Gasteiger partial charge in [0.1, 0.15) is 23.3 Å². The van der Waals surface area contributed by atoms with Crippen molar-refractivity contribution in [1.82, 2.24) is 4.57 Å². The van der Waals surface area contributed by atoms with Gasteiger partial charge in [0.05, 0.1) is 27.3 Å². The van der Waals surface area contributed by atoms with Gasteiger partial charge in [-0.05, 0) is 49.8 Å². The van der Waals surface area contributed by atoms with E-state index in [4.69, 9.17) is 9.15 Å². The van der Waals surface area contributed by atoms with Crippen molar-refractivity contribution < 1.29 is 24.0 Å². The lowest BCUT2D eigenvalue weighted by atomic mass is 10.0. The minimum absolute atomic E-state index is 0.0640. The van der Waals surface area contributed by atoms with Gasteiger partial charge in [0.25, 0.3) is 11.2 Å². The average Bonchev–Trinajstić information content (AvgIpc) is 3.49. The fraction of sp³-hybridized carbons (Fsp3) is 0.148. The number of hydrogen-bond donors (Lipinski definition) is 1. The summed E-state index contributed by atoms with van der Waals surface area (Å²) in [6.45, 7) is 3.47. The van der Waals surface area contributed by atoms with Crippen molar-refractivity contribution in [1.29, 1.82) is 0 Å². The second-order valence-corrected chi connectivity index (χ2v) is 9.42. The highest BCUT2D eigenvalue weighted by molar-refractivity contribution is 7.07. The summed E-state index contributed by atoms with van der Waals surface area (Å²) in [5.41, 5.74) is 1.14. The van der Waals surface area contributed by atoms with Crippen molar-refractivity contribution in [2.45, 2.75) is 19.9 Å². The lowest BCUT2D eigenvalue weighted by Crippen LogP contribution is -2.39. The summed E-state index contributed by atoms with van der Waals surface area (Å²) in [7, 11) is 0. The van der Waals surface area contributed by atoms with Crippen molar-refractivity contribution in [2.24, 2.45) is 4.99 Å². The standard InChI is InChI=1S/C27H21N3O7S/c1-3-36-26(33)23-15(2)28-27-29(25(32)22(38-27)13-16-6-4-9-19(31)12-16)24(23)21-11-10-20(37-21)17-7-5-8-18(14-17)30(34)35/h4-14,24,31H,3H2,1-2H3/b22-13-/t24-/m0/s1. The minimum atomic E-state index is -0.968. The maximum atomic E-state index is 13.6. The molecular formula is C27H21N3O7S. The maximum Gasteiger partial charge on any atom is 0.338 e. The highest BCUT2D eigenvalue weighted by Crippen LogP contribution is 2.34. The third kappa shape index (κ3) is 4.55. The summed E-state index contributed by atoms with van der Waals surface area (Å²) in [4.78, 5) is 42.3. The van der Waals surface area contributed by atoms with Crippen molar-refractivity contribution in [3.8, 4) is 17.1 Å². The summed E-state index contributed by atoms with van der Waals surface area (Å²) in [6, 6.07) is 14.8. The van der Waals surface area contributed by atoms with Crippen LogP contribution in [0.2, 0.25) is 0 Å². The lowest BCUT2D eigenvalue weighted by Gasteiger charge is -2.22. The quantitative estimate of drug-likeness (QED) is 0.228. The first-order valence-electron chi connectivity index (χ1n) is 11.6. The number of carbonyl (C=O) groups is 1. The Hall–Kier alpha value is -4.77. The van der Waals surface area contributed by atoms with E-state index in [0.29, 0.717) is 31.9 Å². The summed E-state index contributed by atoms with van der Waals surface area (Å²) < 4.78 is 13.1. The second kappa shape index (κ2) is 9.94. The molecule has 5 rings (SSSR count). The van der Waals surface area contributed by atoms with Gasteiger partial charge in [-0.2, -0.15) is 0 Å². The number of phenolic OH excluding ortho intramolecular Hbond substituents is 1. The van der Waals surface area contributed by atoms with Gasteiger partial charge in [0, 0.05) is 17.7 Å². The number of nitro benzene ring substituents is 1. The first kappa shape index (κ1) is 24.9. The third-order valence-corrected chi connectivity index (χ3v) is 6.91. The number of fused-ring (bicyclic) bond motifs is 1. The third-order valence-electron chi connectivity index (χ3n) is 5.92. The molecule has 1 N–H and O–H groups in total. The van der Waals surface area contributed by atoms with E-state index in [9.17, 15) is 24.8 Å². The van der Waals surface area contributed by atoms with Gasteiger partial charge in [-0.15, -0.1) is 0 Å². The van der Waals surface area contributed by atoms with Gasteiger partial charge in [0.15, 0.2) is 4.80 Å². The topological polar surface area (TPSA) is 137 Å². The molecule has 1 atom stereocenters. The first-order chi connectivity index (χ1) is 18.3. The minimum Gasteiger partial charge on any atom is -0.508 e. The number of rotatable bonds is 6. The number of ether oxygens (including phenoxy) is 1. The molecular weight excluding hydrogens is 510 g/mol. The Kier molecular flexibility index (Phi) is 6.52. The van der Waals surface area contributed by atoms with E-state index in [1.165, 1.54) is 28.8 Å². The molecule has 2 aromatic carbocycles. The number of esters is 1. The van der Waals surface area contributed by atoms with E-state index in [1.54, 1.807) is 56.3 Å². The van der Waals surface area contributed by atoms with Gasteiger partial charge >= 0.3 is 5.97 Å². The van der Waals surface area contributed by atoms with Crippen LogP contribution in [0.5, 0.6) is 5.75 Å². The van der Waals surface area contributed by atoms with Crippen molar-refractivity contribution in [3.63, 3.8) is 0 Å². The molecule has 4 aromatic rings. The van der Waals surface area contributed by atoms with Crippen LogP contribution in [0.25, 0.3) is 17.4 Å². The molecule has 10 nitrogen and oxygen atoms in total. The largest absolute Gasteiger partial charge is 0.508 e. The number of hydrogen-bond acceptors (Lipinski definition) is 9. The molecule has 11 heteroatoms. The van der Waals surface area contributed by atoms with Crippen LogP contribution in [-0.2, 0) is 9.53 Å². The molecule has 0 unspecified atom stereocenters. The van der Waals surface area contributed by atoms with Crippen LogP contribution in [0, 0.1) is 10.1 Å². The molecule has 1 aliphatic heterocycles. The Morgan fingerprint density at radius 1 is 1.24 bits per heavy atom. The number of thiazole rings is 1. The number of allylic oxidation sites excluding steroid dienone is 1. The van der Waals surface area contributed by atoms with Crippen LogP contribution >= 0.6 is 11.3 Å². The Balaban J connectivity index is 1.68. The van der Waals surface area contributed by atoms with Crippen LogP contribution in [0.4, 0.5) is 5.69 Å². The summed E-state index contributed by atoms with van der Waals surface area (Å²) in [5, 5.41) is 21.0. The van der Waals surface area contributed by atoms with E-state index in [0.717, 1.165) is 11.3 Å². The Morgan fingerprint density at radius 2 is 2.03 bits per heavy atom. The van der Waals surface area contributed by atoms with E-state index >= 15 is 0 Å². The molecule has 0 saturated heterocycles. The average molecular weight is 532 g/mol. The number of aromatic nitrogens is 1. The number of nitro groups is 1. The zero-order valence-corrected chi connectivity index (χ0v) is 21.1. The van der Waals surface area contributed by atoms with Crippen LogP contribution in [0.15, 0.2) is 86.1 Å². The number of nitrogens with zero attached hydrogens (tertiary/aromatic N) is 3. The van der Waals surface area contributed by atoms with Gasteiger partial charge < -0.3 is 14.3 Å². The molecule has 0 bridgehead atoms. The molecule has 0 amide bonds. The monoisotopic (exact) mass is 531 g/mol. The number of furan rings is 1. The number of non-ortho nitro benzene ring substituents is 1. The smallest absolute Gasteiger partial charge is 0.338 e. The summed E-state index contributed by atoms with van der Waals surface area (Å²) >= 11 is 1.14. The van der Waals surface area contributed by atoms with E-state index < -0.39 is 22.5 Å². The SMILES string of the molecule is CCOC(=O)C1=C(C)N=c2s/c(=C\c3cccc(O)c3)c(=O)n2[C@H]1c1ccc(-c2cccc([N+](=O)[O-])c2)o1. The van der Waals surface area contributed by atoms with Crippen LogP contribution in [-0.4, -0.2) is 27.2 Å². The normalized spacial score (nSPS) is 15.2. The molecule has 2 aromatic heterocycles. The molecule has 0 fully saturated rings. The molecule has 0 aliphatic carbocycles. The molecule has 1 aliphatic rings. The van der Waals surface area contributed by atoms with Gasteiger partial charge in [-0.1, -0.05) is 35.6 Å². The fourth-order valence-electron chi connectivity index (χ4n) is 4.25. The van der Waals surface area contributed by atoms with Crippen LogP contribution in [0.1, 0.15) is 31.2 Å². The molecule has 38 heavy (non-hydrogen) atoms. The summed E-state index contributed by atoms with van der Waals surface area (Å²) in [5.74, 6) is 0.0423. The Bertz CT molecular complexity index is 1800. The van der Waals surface area contributed by atoms with Crippen molar-refractivity contribution >= 4 is 29.1 Å². The second-order valence-electron chi connectivity index (χ2n) is 8.41. The molecule has 192 valence electrons. The lowest BCUT2D eigenvalue weighted by molar-refractivity contribution is -0.384. The summed E-state index contributed by atoms with van der Waals surface area (Å²) in [6.07, 6.45) is 1.64. The van der Waals surface area contributed by atoms with Gasteiger partial charge in [-0.25, -0.2) is 9.79 Å². The zero-order valence-electron chi connectivity index (χ0n) is 20.3. The first-order valence-corrected chi connectivity index (χ1v) is 12.4. The van der Waals surface area contributed by atoms with E-state index in [1.807, 2.05) is 0 Å². The van der Waals surface area contributed by atoms with Crippen LogP contribution in [0.3, 0.4) is 0 Å². The Labute approximate surface area is 219 Å². The van der Waals surface area contributed by atoms with E-state index in [-0.39, 0.29) is 29.4 Å². The number of carbonyl (C=O) groups excluding carboxylic acids is 1. The van der Waals surface area contributed by atoms with Crippen molar-refractivity contribution in [2.75, 3.05) is 6.61 Å². The van der Waals surface area contributed by atoms with Gasteiger partial charge in [0.2, 0.25) is 0 Å². The molecule has 0 saturated carbocycles. The van der Waals surface area contributed by atoms with Crippen LogP contribution < -0.4 is 14.9 Å². The highest BCUT2D eigenvalue weighted by Gasteiger charge is 2.35. The Morgan fingerprint density at radius 3 is 2.76 bits per heavy atom. The molecule has 0 radical (unpaired) electrons. The molecule has 0 spiro atoms. The maximum absolute atomic E-state index is 13.6. The predicted molar refractivity (Wildman–Crippen MR) is 139 cm³/mol. The van der Waals surface area contributed by atoms with E-state index in [2.05, 4.69) is 4.99 Å². The van der Waals surface area contributed by atoms with Crippen molar-refractivity contribution in [3.05, 3.63) is 113 Å². The number of phenols is 1. The fourth-order valence-corrected chi connectivity index (χ4v) is 5.30. The number of benzene rings is 2. The highest BCUT2D eigenvalue weighted by atomic mass is 32.1. The zero-order chi connectivity index (χ0) is 27.0. The predicted octanol–water partition coefficient (Wildman–Crippen LogP) is 3.67. The number of aromatic hydroxyl groups is 1. The molecule has 3 heterocycles. The van der Waals surface area contributed by atoms with Gasteiger partial charge in [-0.3, -0.25) is 19.5 Å².